The molecule has 1 saturated heterocycles. The van der Waals surface area contributed by atoms with E-state index in [-0.39, 0.29) is 5.43 Å². The fraction of sp³-hybridized carbons (Fsp3) is 0.400. The monoisotopic (exact) mass is 337 g/mol. The maximum atomic E-state index is 12.6. The van der Waals surface area contributed by atoms with Gasteiger partial charge in [-0.1, -0.05) is 22.9 Å². The lowest BCUT2D eigenvalue weighted by Gasteiger charge is -2.32. The topological polar surface area (TPSA) is 20.3 Å². The predicted molar refractivity (Wildman–Crippen MR) is 86.4 cm³/mol. The van der Waals surface area contributed by atoms with Gasteiger partial charge in [-0.15, -0.1) is 11.3 Å². The molecule has 0 aliphatic carbocycles. The van der Waals surface area contributed by atoms with Gasteiger partial charge in [0.2, 0.25) is 5.43 Å². The molecule has 3 rings (SSSR count). The largest absolute Gasteiger partial charge is 0.367 e. The van der Waals surface area contributed by atoms with E-state index in [0.717, 1.165) is 33.3 Å². The van der Waals surface area contributed by atoms with Crippen LogP contribution < -0.4 is 10.3 Å². The molecule has 1 aliphatic rings. The number of fused-ring (bicyclic) bond motifs is 1. The third-order valence-electron chi connectivity index (χ3n) is 3.71. The van der Waals surface area contributed by atoms with Gasteiger partial charge in [0.1, 0.15) is 0 Å². The molecule has 0 N–H and O–H groups in total. The van der Waals surface area contributed by atoms with Crippen molar-refractivity contribution in [3.8, 4) is 0 Å². The summed E-state index contributed by atoms with van der Waals surface area (Å²) in [5.74, 6) is 0.677. The normalized spacial score (nSPS) is 19.9. The van der Waals surface area contributed by atoms with E-state index in [2.05, 4.69) is 27.8 Å². The number of anilines is 1. The first-order valence-electron chi connectivity index (χ1n) is 6.61. The highest BCUT2D eigenvalue weighted by molar-refractivity contribution is 9.10. The van der Waals surface area contributed by atoms with Gasteiger partial charge < -0.3 is 4.90 Å². The molecule has 0 saturated carbocycles. The Hall–Kier alpha value is -0.870. The standard InChI is InChI=1S/C15H16BrNOS/c1-10-3-2-6-17(8-10)13-9-19-14-5-4-11(16)7-12(14)15(13)18/h4-5,7,9-10H,2-3,6,8H2,1H3/t10-/m1/s1. The SMILES string of the molecule is C[C@@H]1CCCN(c2csc3ccc(Br)cc3c2=O)C1. The van der Waals surface area contributed by atoms with Crippen molar-refractivity contribution < 1.29 is 0 Å². The van der Waals surface area contributed by atoms with Crippen molar-refractivity contribution in [1.82, 2.24) is 0 Å². The third-order valence-corrected chi connectivity index (χ3v) is 5.16. The number of piperidine rings is 1. The van der Waals surface area contributed by atoms with E-state index >= 15 is 0 Å². The first kappa shape index (κ1) is 13.1. The van der Waals surface area contributed by atoms with E-state index in [9.17, 15) is 4.79 Å². The molecule has 1 aromatic carbocycles. The van der Waals surface area contributed by atoms with Gasteiger partial charge in [0.05, 0.1) is 5.69 Å². The van der Waals surface area contributed by atoms with Crippen LogP contribution in [0.4, 0.5) is 5.69 Å². The first-order chi connectivity index (χ1) is 9.15. The van der Waals surface area contributed by atoms with E-state index in [0.29, 0.717) is 5.92 Å². The van der Waals surface area contributed by atoms with Crippen LogP contribution in [0.5, 0.6) is 0 Å². The Morgan fingerprint density at radius 1 is 1.42 bits per heavy atom. The molecule has 2 aromatic rings. The van der Waals surface area contributed by atoms with E-state index < -0.39 is 0 Å². The molecule has 0 amide bonds. The van der Waals surface area contributed by atoms with Crippen LogP contribution in [0.3, 0.4) is 0 Å². The Bertz CT molecular complexity index is 667. The second kappa shape index (κ2) is 5.25. The van der Waals surface area contributed by atoms with Crippen molar-refractivity contribution in [3.05, 3.63) is 38.3 Å². The van der Waals surface area contributed by atoms with Crippen LogP contribution in [0.2, 0.25) is 0 Å². The van der Waals surface area contributed by atoms with Gasteiger partial charge in [-0.05, 0) is 37.0 Å². The summed E-state index contributed by atoms with van der Waals surface area (Å²) in [5.41, 5.74) is 1.05. The lowest BCUT2D eigenvalue weighted by molar-refractivity contribution is 0.446. The zero-order chi connectivity index (χ0) is 13.4. The highest BCUT2D eigenvalue weighted by Crippen LogP contribution is 2.26. The number of halogens is 1. The van der Waals surface area contributed by atoms with Crippen molar-refractivity contribution in [2.24, 2.45) is 5.92 Å². The number of rotatable bonds is 1. The molecule has 2 heterocycles. The zero-order valence-electron chi connectivity index (χ0n) is 10.9. The van der Waals surface area contributed by atoms with Gasteiger partial charge in [0.15, 0.2) is 0 Å². The third kappa shape index (κ3) is 2.56. The maximum Gasteiger partial charge on any atom is 0.211 e. The average molecular weight is 338 g/mol. The van der Waals surface area contributed by atoms with Crippen molar-refractivity contribution in [1.29, 1.82) is 0 Å². The van der Waals surface area contributed by atoms with Gasteiger partial charge in [0.25, 0.3) is 0 Å². The lowest BCUT2D eigenvalue weighted by Crippen LogP contribution is -2.36. The average Bonchev–Trinajstić information content (AvgIpc) is 2.40. The van der Waals surface area contributed by atoms with Crippen molar-refractivity contribution in [2.75, 3.05) is 18.0 Å². The van der Waals surface area contributed by atoms with Crippen LogP contribution in [0.15, 0.2) is 32.8 Å². The summed E-state index contributed by atoms with van der Waals surface area (Å²) in [7, 11) is 0. The Balaban J connectivity index is 2.09. The lowest BCUT2D eigenvalue weighted by atomic mass is 10.00. The summed E-state index contributed by atoms with van der Waals surface area (Å²) in [6, 6.07) is 5.93. The maximum absolute atomic E-state index is 12.6. The van der Waals surface area contributed by atoms with E-state index in [1.54, 1.807) is 11.3 Å². The molecular formula is C15H16BrNOS. The first-order valence-corrected chi connectivity index (χ1v) is 8.28. The van der Waals surface area contributed by atoms with Gasteiger partial charge in [-0.2, -0.15) is 0 Å². The molecule has 1 aromatic heterocycles. The Kier molecular flexibility index (Phi) is 3.63. The van der Waals surface area contributed by atoms with Crippen molar-refractivity contribution in [3.63, 3.8) is 0 Å². The van der Waals surface area contributed by atoms with Crippen LogP contribution in [0, 0.1) is 5.92 Å². The smallest absolute Gasteiger partial charge is 0.211 e. The highest BCUT2D eigenvalue weighted by atomic mass is 79.9. The number of hydrogen-bond donors (Lipinski definition) is 0. The number of hydrogen-bond acceptors (Lipinski definition) is 3. The molecule has 1 aliphatic heterocycles. The quantitative estimate of drug-likeness (QED) is 0.774. The van der Waals surface area contributed by atoms with Crippen LogP contribution in [-0.2, 0) is 0 Å². The molecule has 19 heavy (non-hydrogen) atoms. The molecule has 100 valence electrons. The minimum atomic E-state index is 0.171. The summed E-state index contributed by atoms with van der Waals surface area (Å²) >= 11 is 5.11. The number of benzene rings is 1. The van der Waals surface area contributed by atoms with E-state index in [1.165, 1.54) is 12.8 Å². The second-order valence-electron chi connectivity index (χ2n) is 5.28. The van der Waals surface area contributed by atoms with Gasteiger partial charge in [0, 0.05) is 33.0 Å². The molecule has 0 unspecified atom stereocenters. The summed E-state index contributed by atoms with van der Waals surface area (Å²) in [5, 5.41) is 2.85. The molecule has 2 nitrogen and oxygen atoms in total. The molecule has 0 radical (unpaired) electrons. The second-order valence-corrected chi connectivity index (χ2v) is 7.11. The Morgan fingerprint density at radius 3 is 3.05 bits per heavy atom. The summed E-state index contributed by atoms with van der Waals surface area (Å²) in [6.45, 7) is 4.27. The van der Waals surface area contributed by atoms with Gasteiger partial charge >= 0.3 is 0 Å². The highest BCUT2D eigenvalue weighted by Gasteiger charge is 2.19. The summed E-state index contributed by atoms with van der Waals surface area (Å²) in [4.78, 5) is 14.9. The molecule has 1 fully saturated rings. The molecular weight excluding hydrogens is 322 g/mol. The van der Waals surface area contributed by atoms with E-state index in [4.69, 9.17) is 0 Å². The predicted octanol–water partition coefficient (Wildman–Crippen LogP) is 4.26. The minimum absolute atomic E-state index is 0.171. The van der Waals surface area contributed by atoms with Crippen LogP contribution in [-0.4, -0.2) is 13.1 Å². The van der Waals surface area contributed by atoms with Gasteiger partial charge in [-0.3, -0.25) is 4.79 Å². The summed E-state index contributed by atoms with van der Waals surface area (Å²) in [6.07, 6.45) is 2.45. The molecule has 1 atom stereocenters. The van der Waals surface area contributed by atoms with E-state index in [1.807, 2.05) is 23.6 Å². The minimum Gasteiger partial charge on any atom is -0.367 e. The Morgan fingerprint density at radius 2 is 2.26 bits per heavy atom. The van der Waals surface area contributed by atoms with Crippen molar-refractivity contribution >= 4 is 43.0 Å². The fourth-order valence-corrected chi connectivity index (χ4v) is 4.00. The molecule has 0 spiro atoms. The number of nitrogens with zero attached hydrogens (tertiary/aromatic N) is 1. The van der Waals surface area contributed by atoms with Crippen LogP contribution in [0.25, 0.3) is 10.1 Å². The molecule has 0 bridgehead atoms. The Labute approximate surface area is 125 Å². The fourth-order valence-electron chi connectivity index (χ4n) is 2.72. The zero-order valence-corrected chi connectivity index (χ0v) is 13.3. The van der Waals surface area contributed by atoms with Crippen LogP contribution >= 0.6 is 27.3 Å². The van der Waals surface area contributed by atoms with Crippen molar-refractivity contribution in [2.45, 2.75) is 19.8 Å². The van der Waals surface area contributed by atoms with Gasteiger partial charge in [-0.25, -0.2) is 0 Å². The molecule has 4 heteroatoms. The summed E-state index contributed by atoms with van der Waals surface area (Å²) < 4.78 is 2.02. The van der Waals surface area contributed by atoms with Crippen LogP contribution in [0.1, 0.15) is 19.8 Å².